The molecule has 2 heterocycles. The first-order chi connectivity index (χ1) is 8.12. The standard InChI is InChI=1S/C10H14N2O4S/c13-5-4-10-11-9(12-16-10)7-8-3-1-2-6-17(8,14)15/h5,8H,1-4,6-7H2. The van der Waals surface area contributed by atoms with E-state index >= 15 is 0 Å². The van der Waals surface area contributed by atoms with Crippen molar-refractivity contribution >= 4 is 16.1 Å². The lowest BCUT2D eigenvalue weighted by atomic mass is 10.1. The number of hydrogen-bond donors (Lipinski definition) is 0. The lowest BCUT2D eigenvalue weighted by Crippen LogP contribution is -2.30. The summed E-state index contributed by atoms with van der Waals surface area (Å²) >= 11 is 0. The Morgan fingerprint density at radius 1 is 1.41 bits per heavy atom. The Bertz CT molecular complexity index is 494. The van der Waals surface area contributed by atoms with Crippen LogP contribution < -0.4 is 0 Å². The summed E-state index contributed by atoms with van der Waals surface area (Å²) < 4.78 is 28.4. The van der Waals surface area contributed by atoms with Crippen molar-refractivity contribution in [3.05, 3.63) is 11.7 Å². The van der Waals surface area contributed by atoms with E-state index in [1.165, 1.54) is 0 Å². The van der Waals surface area contributed by atoms with E-state index in [1.54, 1.807) is 0 Å². The predicted molar refractivity (Wildman–Crippen MR) is 59.2 cm³/mol. The van der Waals surface area contributed by atoms with Crippen LogP contribution >= 0.6 is 0 Å². The van der Waals surface area contributed by atoms with E-state index in [2.05, 4.69) is 10.1 Å². The van der Waals surface area contributed by atoms with Gasteiger partial charge in [-0.15, -0.1) is 0 Å². The quantitative estimate of drug-likeness (QED) is 0.722. The summed E-state index contributed by atoms with van der Waals surface area (Å²) in [6.07, 6.45) is 3.34. The molecule has 2 rings (SSSR count). The molecular formula is C10H14N2O4S. The molecule has 17 heavy (non-hydrogen) atoms. The number of carbonyl (C=O) groups is 1. The highest BCUT2D eigenvalue weighted by Gasteiger charge is 2.30. The van der Waals surface area contributed by atoms with Crippen LogP contribution in [0.3, 0.4) is 0 Å². The number of nitrogens with zero attached hydrogens (tertiary/aromatic N) is 2. The summed E-state index contributed by atoms with van der Waals surface area (Å²) in [5.41, 5.74) is 0. The third-order valence-electron chi connectivity index (χ3n) is 2.89. The molecule has 1 aromatic heterocycles. The van der Waals surface area contributed by atoms with Crippen LogP contribution in [-0.4, -0.2) is 35.8 Å². The maximum absolute atomic E-state index is 11.8. The average molecular weight is 258 g/mol. The molecule has 1 unspecified atom stereocenters. The van der Waals surface area contributed by atoms with Crippen molar-refractivity contribution < 1.29 is 17.7 Å². The highest BCUT2D eigenvalue weighted by atomic mass is 32.2. The van der Waals surface area contributed by atoms with Gasteiger partial charge in [-0.1, -0.05) is 11.6 Å². The summed E-state index contributed by atoms with van der Waals surface area (Å²) in [4.78, 5) is 14.2. The second-order valence-corrected chi connectivity index (χ2v) is 6.56. The molecule has 1 aliphatic heterocycles. The minimum absolute atomic E-state index is 0.0738. The third kappa shape index (κ3) is 2.91. The van der Waals surface area contributed by atoms with Crippen LogP contribution in [0.5, 0.6) is 0 Å². The molecule has 7 heteroatoms. The number of rotatable bonds is 4. The summed E-state index contributed by atoms with van der Waals surface area (Å²) in [6, 6.07) is 0. The van der Waals surface area contributed by atoms with Crippen LogP contribution in [0.1, 0.15) is 31.0 Å². The van der Waals surface area contributed by atoms with Crippen LogP contribution in [0, 0.1) is 0 Å². The Hall–Kier alpha value is -1.24. The van der Waals surface area contributed by atoms with Crippen molar-refractivity contribution in [3.63, 3.8) is 0 Å². The van der Waals surface area contributed by atoms with Gasteiger partial charge < -0.3 is 9.32 Å². The SMILES string of the molecule is O=CCc1nc(CC2CCCCS2(=O)=O)no1. The fourth-order valence-electron chi connectivity index (χ4n) is 1.98. The number of aldehydes is 1. The van der Waals surface area contributed by atoms with Crippen molar-refractivity contribution in [1.82, 2.24) is 10.1 Å². The maximum atomic E-state index is 11.8. The first kappa shape index (κ1) is 12.2. The second-order valence-electron chi connectivity index (χ2n) is 4.16. The zero-order chi connectivity index (χ0) is 12.3. The molecule has 1 aliphatic rings. The molecule has 1 aromatic rings. The van der Waals surface area contributed by atoms with Crippen LogP contribution in [0.25, 0.3) is 0 Å². The van der Waals surface area contributed by atoms with Crippen molar-refractivity contribution in [3.8, 4) is 0 Å². The topological polar surface area (TPSA) is 90.1 Å². The van der Waals surface area contributed by atoms with Gasteiger partial charge in [-0.05, 0) is 12.8 Å². The highest BCUT2D eigenvalue weighted by Crippen LogP contribution is 2.22. The fourth-order valence-corrected chi connectivity index (χ4v) is 3.85. The Labute approximate surface area is 99.3 Å². The number of carbonyl (C=O) groups excluding carboxylic acids is 1. The lowest BCUT2D eigenvalue weighted by Gasteiger charge is -2.20. The van der Waals surface area contributed by atoms with Gasteiger partial charge in [0.05, 0.1) is 17.4 Å². The molecule has 0 amide bonds. The monoisotopic (exact) mass is 258 g/mol. The van der Waals surface area contributed by atoms with E-state index in [0.29, 0.717) is 18.5 Å². The van der Waals surface area contributed by atoms with E-state index in [9.17, 15) is 13.2 Å². The van der Waals surface area contributed by atoms with Crippen LogP contribution in [0.4, 0.5) is 0 Å². The van der Waals surface area contributed by atoms with Gasteiger partial charge in [-0.2, -0.15) is 4.98 Å². The predicted octanol–water partition coefficient (Wildman–Crippen LogP) is 0.321. The number of hydrogen-bond acceptors (Lipinski definition) is 6. The smallest absolute Gasteiger partial charge is 0.233 e. The van der Waals surface area contributed by atoms with Gasteiger partial charge in [-0.25, -0.2) is 8.42 Å². The normalized spacial score (nSPS) is 23.4. The molecule has 0 aliphatic carbocycles. The van der Waals surface area contributed by atoms with Gasteiger partial charge in [0.1, 0.15) is 6.29 Å². The Balaban J connectivity index is 2.06. The highest BCUT2D eigenvalue weighted by molar-refractivity contribution is 7.92. The zero-order valence-corrected chi connectivity index (χ0v) is 10.1. The lowest BCUT2D eigenvalue weighted by molar-refractivity contribution is -0.107. The first-order valence-electron chi connectivity index (χ1n) is 5.58. The molecule has 0 bridgehead atoms. The van der Waals surface area contributed by atoms with Gasteiger partial charge >= 0.3 is 0 Å². The van der Waals surface area contributed by atoms with Crippen LogP contribution in [-0.2, 0) is 27.5 Å². The van der Waals surface area contributed by atoms with Crippen molar-refractivity contribution in [1.29, 1.82) is 0 Å². The summed E-state index contributed by atoms with van der Waals surface area (Å²) in [7, 11) is -3.02. The molecule has 0 N–H and O–H groups in total. The molecular weight excluding hydrogens is 244 g/mol. The number of sulfone groups is 1. The zero-order valence-electron chi connectivity index (χ0n) is 9.33. The molecule has 1 saturated heterocycles. The number of aromatic nitrogens is 2. The van der Waals surface area contributed by atoms with E-state index in [-0.39, 0.29) is 24.5 Å². The van der Waals surface area contributed by atoms with Crippen LogP contribution in [0.2, 0.25) is 0 Å². The van der Waals surface area contributed by atoms with Gasteiger partial charge in [0.2, 0.25) is 5.89 Å². The van der Waals surface area contributed by atoms with E-state index in [1.807, 2.05) is 0 Å². The molecule has 0 radical (unpaired) electrons. The summed E-state index contributed by atoms with van der Waals surface area (Å²) in [5, 5.41) is 3.28. The van der Waals surface area contributed by atoms with E-state index in [4.69, 9.17) is 4.52 Å². The fraction of sp³-hybridized carbons (Fsp3) is 0.700. The Kier molecular flexibility index (Phi) is 3.56. The second kappa shape index (κ2) is 4.95. The summed E-state index contributed by atoms with van der Waals surface area (Å²) in [5.74, 6) is 0.858. The molecule has 0 aromatic carbocycles. The van der Waals surface area contributed by atoms with Gasteiger partial charge in [0, 0.05) is 6.42 Å². The van der Waals surface area contributed by atoms with E-state index in [0.717, 1.165) is 12.8 Å². The van der Waals surface area contributed by atoms with Gasteiger partial charge in [0.15, 0.2) is 15.7 Å². The Morgan fingerprint density at radius 2 is 2.24 bits per heavy atom. The maximum Gasteiger partial charge on any atom is 0.233 e. The third-order valence-corrected chi connectivity index (χ3v) is 5.17. The molecule has 0 saturated carbocycles. The average Bonchev–Trinajstić information content (AvgIpc) is 2.70. The van der Waals surface area contributed by atoms with Gasteiger partial charge in [-0.3, -0.25) is 0 Å². The summed E-state index contributed by atoms with van der Waals surface area (Å²) in [6.45, 7) is 0. The molecule has 6 nitrogen and oxygen atoms in total. The van der Waals surface area contributed by atoms with Crippen LogP contribution in [0.15, 0.2) is 4.52 Å². The minimum atomic E-state index is -3.02. The van der Waals surface area contributed by atoms with Crippen molar-refractivity contribution in [2.45, 2.75) is 37.4 Å². The molecule has 0 spiro atoms. The van der Waals surface area contributed by atoms with Crippen molar-refractivity contribution in [2.75, 3.05) is 5.75 Å². The minimum Gasteiger partial charge on any atom is -0.339 e. The van der Waals surface area contributed by atoms with Gasteiger partial charge in [0.25, 0.3) is 0 Å². The molecule has 94 valence electrons. The molecule has 1 atom stereocenters. The largest absolute Gasteiger partial charge is 0.339 e. The van der Waals surface area contributed by atoms with E-state index < -0.39 is 15.1 Å². The van der Waals surface area contributed by atoms with Crippen molar-refractivity contribution in [2.24, 2.45) is 0 Å². The molecule has 1 fully saturated rings. The Morgan fingerprint density at radius 3 is 2.94 bits per heavy atom. The first-order valence-corrected chi connectivity index (χ1v) is 7.30.